The first-order valence-electron chi connectivity index (χ1n) is 12.1. The number of hydrogen-bond acceptors (Lipinski definition) is 6. The van der Waals surface area contributed by atoms with Gasteiger partial charge in [-0.2, -0.15) is 0 Å². The molecule has 0 radical (unpaired) electrons. The molecule has 2 aromatic carbocycles. The zero-order valence-electron chi connectivity index (χ0n) is 21.4. The molecule has 37 heavy (non-hydrogen) atoms. The van der Waals surface area contributed by atoms with Crippen molar-refractivity contribution < 1.29 is 14.4 Å². The molecule has 0 unspecified atom stereocenters. The van der Waals surface area contributed by atoms with Gasteiger partial charge in [0.2, 0.25) is 11.8 Å². The van der Waals surface area contributed by atoms with E-state index in [0.717, 1.165) is 0 Å². The summed E-state index contributed by atoms with van der Waals surface area (Å²) in [5.74, 6) is -0.804. The summed E-state index contributed by atoms with van der Waals surface area (Å²) in [6.07, 6.45) is 3.90. The molecule has 4 aromatic rings. The Kier molecular flexibility index (Phi) is 7.42. The van der Waals surface area contributed by atoms with Gasteiger partial charge in [0.25, 0.3) is 0 Å². The maximum Gasteiger partial charge on any atom is 0.249 e. The summed E-state index contributed by atoms with van der Waals surface area (Å²) >= 11 is 0. The number of anilines is 1. The van der Waals surface area contributed by atoms with E-state index in [2.05, 4.69) is 20.6 Å². The first-order valence-corrected chi connectivity index (χ1v) is 12.1. The van der Waals surface area contributed by atoms with E-state index in [1.54, 1.807) is 48.8 Å². The van der Waals surface area contributed by atoms with Crippen molar-refractivity contribution in [3.63, 3.8) is 0 Å². The number of amides is 2. The van der Waals surface area contributed by atoms with Gasteiger partial charge in [-0.3, -0.25) is 24.3 Å². The first-order chi connectivity index (χ1) is 17.7. The summed E-state index contributed by atoms with van der Waals surface area (Å²) in [7, 11) is 0. The van der Waals surface area contributed by atoms with Gasteiger partial charge in [0.15, 0.2) is 5.78 Å². The lowest BCUT2D eigenvalue weighted by molar-refractivity contribution is -0.128. The normalized spacial score (nSPS) is 12.2. The molecule has 190 valence electrons. The lowest BCUT2D eigenvalue weighted by atomic mass is 9.98. The third-order valence-corrected chi connectivity index (χ3v) is 6.38. The fourth-order valence-electron chi connectivity index (χ4n) is 3.98. The minimum atomic E-state index is -1.01. The highest BCUT2D eigenvalue weighted by Crippen LogP contribution is 2.29. The number of Topliss-reactive ketones (excluding diaryl/α,β-unsaturated/α-hetero) is 1. The van der Waals surface area contributed by atoms with E-state index < -0.39 is 11.6 Å². The second kappa shape index (κ2) is 10.7. The molecule has 0 aliphatic carbocycles. The molecule has 0 fully saturated rings. The van der Waals surface area contributed by atoms with Gasteiger partial charge in [-0.05, 0) is 69.7 Å². The van der Waals surface area contributed by atoms with Crippen molar-refractivity contribution in [2.75, 3.05) is 4.90 Å². The number of hydrogen-bond donors (Lipinski definition) is 1. The fourth-order valence-corrected chi connectivity index (χ4v) is 3.98. The van der Waals surface area contributed by atoms with Gasteiger partial charge in [-0.15, -0.1) is 5.10 Å². The number of nitrogens with zero attached hydrogens (tertiary/aromatic N) is 5. The second-order valence-corrected chi connectivity index (χ2v) is 9.52. The molecule has 2 heterocycles. The Balaban J connectivity index is 1.81. The number of carbonyl (C=O) groups excluding carboxylic acids is 3. The molecule has 0 aliphatic heterocycles. The summed E-state index contributed by atoms with van der Waals surface area (Å²) in [5, 5.41) is 11.4. The van der Waals surface area contributed by atoms with Gasteiger partial charge < -0.3 is 5.32 Å². The minimum Gasteiger partial charge on any atom is -0.349 e. The summed E-state index contributed by atoms with van der Waals surface area (Å²) in [6, 6.07) is 16.5. The van der Waals surface area contributed by atoms with Gasteiger partial charge in [-0.1, -0.05) is 30.3 Å². The van der Waals surface area contributed by atoms with Crippen LogP contribution in [0.1, 0.15) is 56.1 Å². The smallest absolute Gasteiger partial charge is 0.249 e. The summed E-state index contributed by atoms with van der Waals surface area (Å²) < 4.78 is 1.52. The van der Waals surface area contributed by atoms with Crippen molar-refractivity contribution in [3.05, 3.63) is 84.2 Å². The molecule has 4 rings (SSSR count). The Morgan fingerprint density at radius 1 is 1.03 bits per heavy atom. The van der Waals surface area contributed by atoms with Crippen LogP contribution < -0.4 is 10.2 Å². The molecule has 9 nitrogen and oxygen atoms in total. The van der Waals surface area contributed by atoms with Crippen LogP contribution in [-0.2, 0) is 16.1 Å². The van der Waals surface area contributed by atoms with E-state index in [1.165, 1.54) is 16.5 Å². The van der Waals surface area contributed by atoms with Crippen molar-refractivity contribution in [1.29, 1.82) is 0 Å². The van der Waals surface area contributed by atoms with Gasteiger partial charge >= 0.3 is 0 Å². The number of nitrogens with one attached hydrogen (secondary N) is 1. The van der Waals surface area contributed by atoms with Crippen LogP contribution in [0.3, 0.4) is 0 Å². The van der Waals surface area contributed by atoms with E-state index in [-0.39, 0.29) is 24.1 Å². The topological polar surface area (TPSA) is 110 Å². The number of benzene rings is 2. The maximum absolute atomic E-state index is 14.0. The molecule has 2 aromatic heterocycles. The lowest BCUT2D eigenvalue weighted by Gasteiger charge is -2.34. The van der Waals surface area contributed by atoms with E-state index in [1.807, 2.05) is 45.0 Å². The Labute approximate surface area is 215 Å². The molecule has 0 saturated heterocycles. The van der Waals surface area contributed by atoms with Crippen LogP contribution in [-0.4, -0.2) is 43.1 Å². The standard InChI is InChI=1S/C28H30N6O3/c1-5-28(3,4)30-27(37)26(21-9-8-16-29-17-21)34(22-14-12-20(13-15-22)19(2)35)25(36)18-33-24-11-7-6-10-23(24)31-32-33/h6-17,26H,5,18H2,1-4H3,(H,30,37)/t26-/m0/s1. The van der Waals surface area contributed by atoms with Crippen LogP contribution in [0.25, 0.3) is 11.0 Å². The van der Waals surface area contributed by atoms with E-state index >= 15 is 0 Å². The first kappa shape index (κ1) is 25.7. The van der Waals surface area contributed by atoms with Crippen molar-refractivity contribution in [2.45, 2.75) is 52.2 Å². The number of ketones is 1. The van der Waals surface area contributed by atoms with Crippen LogP contribution in [0.2, 0.25) is 0 Å². The largest absolute Gasteiger partial charge is 0.349 e. The van der Waals surface area contributed by atoms with Crippen LogP contribution in [0.5, 0.6) is 0 Å². The van der Waals surface area contributed by atoms with Crippen molar-refractivity contribution >= 4 is 34.3 Å². The van der Waals surface area contributed by atoms with Crippen molar-refractivity contribution in [3.8, 4) is 0 Å². The SMILES string of the molecule is CCC(C)(C)NC(=O)[C@H](c1cccnc1)N(C(=O)Cn1nnc2ccccc21)c1ccc(C(C)=O)cc1. The number of rotatable bonds is 9. The van der Waals surface area contributed by atoms with E-state index in [9.17, 15) is 14.4 Å². The highest BCUT2D eigenvalue weighted by molar-refractivity contribution is 6.02. The quantitative estimate of drug-likeness (QED) is 0.348. The number of carbonyl (C=O) groups is 3. The molecule has 9 heteroatoms. The second-order valence-electron chi connectivity index (χ2n) is 9.52. The predicted octanol–water partition coefficient (Wildman–Crippen LogP) is 4.11. The average Bonchev–Trinajstić information content (AvgIpc) is 3.30. The van der Waals surface area contributed by atoms with Gasteiger partial charge in [-0.25, -0.2) is 4.68 Å². The third kappa shape index (κ3) is 5.72. The highest BCUT2D eigenvalue weighted by atomic mass is 16.2. The van der Waals surface area contributed by atoms with Crippen LogP contribution in [0.15, 0.2) is 73.1 Å². The molecule has 0 bridgehead atoms. The fraction of sp³-hybridized carbons (Fsp3) is 0.286. The molecule has 1 N–H and O–H groups in total. The molecule has 0 saturated carbocycles. The van der Waals surface area contributed by atoms with Gasteiger partial charge in [0.05, 0.1) is 5.52 Å². The van der Waals surface area contributed by atoms with E-state index in [0.29, 0.717) is 34.3 Å². The zero-order valence-corrected chi connectivity index (χ0v) is 21.4. The van der Waals surface area contributed by atoms with Crippen LogP contribution >= 0.6 is 0 Å². The van der Waals surface area contributed by atoms with Crippen LogP contribution in [0.4, 0.5) is 5.69 Å². The Hall–Kier alpha value is -4.40. The highest BCUT2D eigenvalue weighted by Gasteiger charge is 2.35. The summed E-state index contributed by atoms with van der Waals surface area (Å²) in [4.78, 5) is 45.3. The third-order valence-electron chi connectivity index (χ3n) is 6.38. The lowest BCUT2D eigenvalue weighted by Crippen LogP contribution is -2.51. The van der Waals surface area contributed by atoms with Gasteiger partial charge in [0.1, 0.15) is 18.1 Å². The summed E-state index contributed by atoms with van der Waals surface area (Å²) in [5.41, 5.74) is 2.41. The Morgan fingerprint density at radius 3 is 2.41 bits per heavy atom. The molecule has 2 amide bonds. The molecular formula is C28H30N6O3. The maximum atomic E-state index is 14.0. The van der Waals surface area contributed by atoms with Crippen LogP contribution in [0, 0.1) is 0 Å². The number of fused-ring (bicyclic) bond motifs is 1. The number of para-hydroxylation sites is 1. The average molecular weight is 499 g/mol. The predicted molar refractivity (Wildman–Crippen MR) is 141 cm³/mol. The monoisotopic (exact) mass is 498 g/mol. The van der Waals surface area contributed by atoms with Crippen molar-refractivity contribution in [1.82, 2.24) is 25.3 Å². The Morgan fingerprint density at radius 2 is 1.76 bits per heavy atom. The number of pyridine rings is 1. The Bertz CT molecular complexity index is 1410. The van der Waals surface area contributed by atoms with Crippen molar-refractivity contribution in [2.24, 2.45) is 0 Å². The molecule has 0 spiro atoms. The minimum absolute atomic E-state index is 0.0928. The molecule has 0 aliphatic rings. The van der Waals surface area contributed by atoms with Gasteiger partial charge in [0, 0.05) is 34.7 Å². The summed E-state index contributed by atoms with van der Waals surface area (Å²) in [6.45, 7) is 7.18. The van der Waals surface area contributed by atoms with E-state index in [4.69, 9.17) is 0 Å². The zero-order chi connectivity index (χ0) is 26.6. The number of aromatic nitrogens is 4. The molecular weight excluding hydrogens is 468 g/mol. The molecule has 1 atom stereocenters.